The van der Waals surface area contributed by atoms with Crippen molar-refractivity contribution in [1.82, 2.24) is 15.0 Å². The Morgan fingerprint density at radius 1 is 0.491 bits per heavy atom. The summed E-state index contributed by atoms with van der Waals surface area (Å²) in [7, 11) is 0. The number of aromatic nitrogens is 3. The zero-order valence-electron chi connectivity index (χ0n) is 30.6. The molecule has 6 heteroatoms. The SMILES string of the molecule is C1=CC2C(c3ccccc3N2c2cccc(-c3ccccc3)c2)c2c1oc1ccc(-c3nc(-c4ccccc4)nc(-c4ccc5c(c4)sc4ccccc45)n3)cc21. The molecule has 0 radical (unpaired) electrons. The molecule has 0 bridgehead atoms. The summed E-state index contributed by atoms with van der Waals surface area (Å²) in [4.78, 5) is 17.9. The number of nitrogens with zero attached hydrogens (tertiary/aromatic N) is 4. The lowest BCUT2D eigenvalue weighted by Crippen LogP contribution is -2.30. The minimum atomic E-state index is 0.0694. The van der Waals surface area contributed by atoms with Crippen molar-refractivity contribution < 1.29 is 4.42 Å². The van der Waals surface area contributed by atoms with Crippen LogP contribution in [0.5, 0.6) is 0 Å². The van der Waals surface area contributed by atoms with E-state index in [9.17, 15) is 0 Å². The van der Waals surface area contributed by atoms with Crippen LogP contribution in [0.3, 0.4) is 0 Å². The molecule has 3 aromatic heterocycles. The van der Waals surface area contributed by atoms with Gasteiger partial charge in [-0.1, -0.05) is 127 Å². The van der Waals surface area contributed by atoms with Crippen LogP contribution < -0.4 is 4.90 Å². The summed E-state index contributed by atoms with van der Waals surface area (Å²) in [5.74, 6) is 2.88. The van der Waals surface area contributed by atoms with Crippen molar-refractivity contribution in [2.24, 2.45) is 0 Å². The molecule has 0 N–H and O–H groups in total. The molecule has 5 nitrogen and oxygen atoms in total. The summed E-state index contributed by atoms with van der Waals surface area (Å²) in [5, 5.41) is 3.59. The molecule has 12 rings (SSSR count). The summed E-state index contributed by atoms with van der Waals surface area (Å²) in [6, 6.07) is 60.0. The maximum atomic E-state index is 6.62. The van der Waals surface area contributed by atoms with Crippen LogP contribution in [0.4, 0.5) is 11.4 Å². The Balaban J connectivity index is 0.992. The highest BCUT2D eigenvalue weighted by Crippen LogP contribution is 2.54. The number of fused-ring (bicyclic) bond motifs is 10. The van der Waals surface area contributed by atoms with Gasteiger partial charge < -0.3 is 9.32 Å². The number of hydrogen-bond acceptors (Lipinski definition) is 6. The Bertz CT molecular complexity index is 3220. The number of rotatable bonds is 5. The second kappa shape index (κ2) is 12.7. The third-order valence-electron chi connectivity index (χ3n) is 11.5. The van der Waals surface area contributed by atoms with E-state index in [-0.39, 0.29) is 12.0 Å². The molecule has 0 fully saturated rings. The van der Waals surface area contributed by atoms with Crippen LogP contribution in [0, 0.1) is 0 Å². The third kappa shape index (κ3) is 5.18. The van der Waals surface area contributed by atoms with Crippen molar-refractivity contribution in [2.45, 2.75) is 12.0 Å². The van der Waals surface area contributed by atoms with Crippen molar-refractivity contribution in [2.75, 3.05) is 4.90 Å². The first kappa shape index (κ1) is 32.1. The third-order valence-corrected chi connectivity index (χ3v) is 12.6. The van der Waals surface area contributed by atoms with Crippen LogP contribution in [-0.2, 0) is 0 Å². The summed E-state index contributed by atoms with van der Waals surface area (Å²) < 4.78 is 9.10. The molecule has 268 valence electrons. The highest BCUT2D eigenvalue weighted by Gasteiger charge is 2.43. The standard InChI is InChI=1S/C51H32N4OS/c1-3-12-31(13-4-1)33-16-11-17-36(28-33)55-41-20-9-7-19-39(41)47-42(55)25-27-44-48(47)40-29-34(23-26-43(40)56-44)50-52-49(32-14-5-2-6-15-32)53-51(54-50)35-22-24-38-37-18-8-10-21-45(37)57-46(38)30-35/h1-30,42,47H. The van der Waals surface area contributed by atoms with Gasteiger partial charge >= 0.3 is 0 Å². The van der Waals surface area contributed by atoms with Gasteiger partial charge in [0.25, 0.3) is 0 Å². The normalized spacial score (nSPS) is 15.6. The van der Waals surface area contributed by atoms with Gasteiger partial charge in [-0.25, -0.2) is 15.0 Å². The maximum Gasteiger partial charge on any atom is 0.164 e. The summed E-state index contributed by atoms with van der Waals surface area (Å²) in [6.45, 7) is 0. The van der Waals surface area contributed by atoms with E-state index in [0.29, 0.717) is 17.5 Å². The fourth-order valence-corrected chi connectivity index (χ4v) is 10.0. The van der Waals surface area contributed by atoms with E-state index in [2.05, 4.69) is 169 Å². The smallest absolute Gasteiger partial charge is 0.164 e. The Kier molecular flexibility index (Phi) is 7.16. The van der Waals surface area contributed by atoms with Gasteiger partial charge in [0.1, 0.15) is 11.3 Å². The number of para-hydroxylation sites is 1. The van der Waals surface area contributed by atoms with Gasteiger partial charge in [-0.05, 0) is 71.3 Å². The predicted molar refractivity (Wildman–Crippen MR) is 234 cm³/mol. The molecule has 10 aromatic rings. The molecule has 0 saturated heterocycles. The summed E-state index contributed by atoms with van der Waals surface area (Å²) in [5.41, 5.74) is 10.9. The van der Waals surface area contributed by atoms with E-state index < -0.39 is 0 Å². The first-order chi connectivity index (χ1) is 28.2. The van der Waals surface area contributed by atoms with Gasteiger partial charge in [0.2, 0.25) is 0 Å². The van der Waals surface area contributed by atoms with Gasteiger partial charge in [0.15, 0.2) is 17.5 Å². The second-order valence-corrected chi connectivity index (χ2v) is 15.8. The summed E-state index contributed by atoms with van der Waals surface area (Å²) in [6.07, 6.45) is 4.47. The molecule has 0 saturated carbocycles. The molecule has 0 amide bonds. The van der Waals surface area contributed by atoms with Crippen LogP contribution in [0.25, 0.3) is 82.5 Å². The summed E-state index contributed by atoms with van der Waals surface area (Å²) >= 11 is 1.80. The van der Waals surface area contributed by atoms with Crippen LogP contribution in [-0.4, -0.2) is 21.0 Å². The van der Waals surface area contributed by atoms with E-state index in [0.717, 1.165) is 39.1 Å². The number of anilines is 2. The molecule has 4 heterocycles. The topological polar surface area (TPSA) is 55.1 Å². The van der Waals surface area contributed by atoms with Gasteiger partial charge in [0.05, 0.1) is 6.04 Å². The second-order valence-electron chi connectivity index (χ2n) is 14.7. The molecule has 57 heavy (non-hydrogen) atoms. The molecule has 7 aromatic carbocycles. The van der Waals surface area contributed by atoms with Gasteiger partial charge in [-0.2, -0.15) is 0 Å². The van der Waals surface area contributed by atoms with Crippen molar-refractivity contribution in [1.29, 1.82) is 0 Å². The first-order valence-corrected chi connectivity index (χ1v) is 20.1. The molecule has 2 unspecified atom stereocenters. The van der Waals surface area contributed by atoms with Crippen LogP contribution >= 0.6 is 11.3 Å². The van der Waals surface area contributed by atoms with Gasteiger partial charge in [-0.15, -0.1) is 11.3 Å². The molecular weight excluding hydrogens is 717 g/mol. The monoisotopic (exact) mass is 748 g/mol. The zero-order chi connectivity index (χ0) is 37.5. The minimum absolute atomic E-state index is 0.0694. The predicted octanol–water partition coefficient (Wildman–Crippen LogP) is 13.3. The first-order valence-electron chi connectivity index (χ1n) is 19.3. The van der Waals surface area contributed by atoms with E-state index in [1.54, 1.807) is 11.3 Å². The largest absolute Gasteiger partial charge is 0.456 e. The molecule has 0 spiro atoms. The number of benzene rings is 7. The van der Waals surface area contributed by atoms with E-state index in [1.807, 2.05) is 18.2 Å². The zero-order valence-corrected chi connectivity index (χ0v) is 31.4. The van der Waals surface area contributed by atoms with Crippen molar-refractivity contribution >= 4 is 59.9 Å². The van der Waals surface area contributed by atoms with E-state index >= 15 is 0 Å². The average molecular weight is 749 g/mol. The van der Waals surface area contributed by atoms with Crippen LogP contribution in [0.15, 0.2) is 180 Å². The fourth-order valence-electron chi connectivity index (χ4n) is 8.88. The average Bonchev–Trinajstić information content (AvgIpc) is 3.95. The molecular formula is C51H32N4OS. The van der Waals surface area contributed by atoms with Crippen molar-refractivity contribution in [3.05, 3.63) is 193 Å². The Morgan fingerprint density at radius 2 is 1.16 bits per heavy atom. The lowest BCUT2D eigenvalue weighted by atomic mass is 9.82. The van der Waals surface area contributed by atoms with Crippen LogP contribution in [0.1, 0.15) is 22.8 Å². The quantitative estimate of drug-likeness (QED) is 0.175. The van der Waals surface area contributed by atoms with Crippen molar-refractivity contribution in [3.63, 3.8) is 0 Å². The highest BCUT2D eigenvalue weighted by atomic mass is 32.1. The minimum Gasteiger partial charge on any atom is -0.456 e. The van der Waals surface area contributed by atoms with Gasteiger partial charge in [-0.3, -0.25) is 0 Å². The van der Waals surface area contributed by atoms with Gasteiger partial charge in [0, 0.05) is 65.1 Å². The fraction of sp³-hybridized carbons (Fsp3) is 0.0392. The van der Waals surface area contributed by atoms with E-state index in [4.69, 9.17) is 19.4 Å². The number of furan rings is 1. The van der Waals surface area contributed by atoms with Crippen LogP contribution in [0.2, 0.25) is 0 Å². The number of thiophene rings is 1. The lowest BCUT2D eigenvalue weighted by Gasteiger charge is -2.30. The highest BCUT2D eigenvalue weighted by molar-refractivity contribution is 7.25. The Hall–Kier alpha value is -7.15. The Morgan fingerprint density at radius 3 is 2.00 bits per heavy atom. The van der Waals surface area contributed by atoms with Crippen molar-refractivity contribution in [3.8, 4) is 45.3 Å². The lowest BCUT2D eigenvalue weighted by molar-refractivity contribution is 0.584. The number of hydrogen-bond donors (Lipinski definition) is 0. The Labute approximate surface area is 332 Å². The molecule has 2 aliphatic rings. The maximum absolute atomic E-state index is 6.62. The molecule has 1 aliphatic carbocycles. The van der Waals surface area contributed by atoms with E-state index in [1.165, 1.54) is 48.1 Å². The molecule has 1 aliphatic heterocycles. The molecule has 2 atom stereocenters.